The molecule has 110 valence electrons. The maximum Gasteiger partial charge on any atom is 0.350 e. The first-order valence-corrected chi connectivity index (χ1v) is 7.42. The summed E-state index contributed by atoms with van der Waals surface area (Å²) in [6.45, 7) is 5.93. The molecule has 0 spiro atoms. The van der Waals surface area contributed by atoms with Gasteiger partial charge in [-0.15, -0.1) is 0 Å². The predicted octanol–water partition coefficient (Wildman–Crippen LogP) is 3.38. The highest BCUT2D eigenvalue weighted by molar-refractivity contribution is 7.17. The van der Waals surface area contributed by atoms with E-state index >= 15 is 0 Å². The molecular formula is C15H17N3O2S. The third-order valence-corrected chi connectivity index (χ3v) is 3.72. The highest BCUT2D eigenvalue weighted by atomic mass is 32.1. The largest absolute Gasteiger partial charge is 0.462 e. The fraction of sp³-hybridized carbons (Fsp3) is 0.267. The Morgan fingerprint density at radius 3 is 3.00 bits per heavy atom. The van der Waals surface area contributed by atoms with Crippen LogP contribution in [0.4, 0.5) is 5.13 Å². The molecule has 1 N–H and O–H groups in total. The van der Waals surface area contributed by atoms with E-state index in [9.17, 15) is 4.79 Å². The van der Waals surface area contributed by atoms with Gasteiger partial charge in [0.25, 0.3) is 0 Å². The molecule has 5 nitrogen and oxygen atoms in total. The van der Waals surface area contributed by atoms with Crippen LogP contribution in [0.5, 0.6) is 0 Å². The monoisotopic (exact) mass is 303 g/mol. The molecule has 0 aliphatic heterocycles. The van der Waals surface area contributed by atoms with E-state index in [-0.39, 0.29) is 5.97 Å². The smallest absolute Gasteiger partial charge is 0.350 e. The molecular weight excluding hydrogens is 286 g/mol. The Balaban J connectivity index is 2.04. The molecule has 21 heavy (non-hydrogen) atoms. The number of ether oxygens (including phenoxy) is 1. The Kier molecular flexibility index (Phi) is 5.05. The van der Waals surface area contributed by atoms with Gasteiger partial charge in [0.2, 0.25) is 5.13 Å². The van der Waals surface area contributed by atoms with Gasteiger partial charge in [0.15, 0.2) is 0 Å². The molecule has 1 aromatic heterocycles. The molecule has 6 heteroatoms. The van der Waals surface area contributed by atoms with Crippen molar-refractivity contribution in [2.45, 2.75) is 20.8 Å². The number of hydrazone groups is 1. The predicted molar refractivity (Wildman–Crippen MR) is 85.2 cm³/mol. The van der Waals surface area contributed by atoms with Crippen molar-refractivity contribution in [3.8, 4) is 0 Å². The molecule has 0 aliphatic rings. The summed E-state index contributed by atoms with van der Waals surface area (Å²) in [4.78, 5) is 16.5. The Labute approximate surface area is 127 Å². The van der Waals surface area contributed by atoms with Crippen molar-refractivity contribution in [3.05, 3.63) is 46.0 Å². The summed E-state index contributed by atoms with van der Waals surface area (Å²) in [5, 5.41) is 4.70. The quantitative estimate of drug-likeness (QED) is 0.522. The van der Waals surface area contributed by atoms with Crippen molar-refractivity contribution in [1.29, 1.82) is 0 Å². The maximum atomic E-state index is 11.7. The van der Waals surface area contributed by atoms with E-state index in [0.717, 1.165) is 5.56 Å². The third-order valence-electron chi connectivity index (χ3n) is 2.67. The van der Waals surface area contributed by atoms with Crippen LogP contribution >= 0.6 is 11.3 Å². The van der Waals surface area contributed by atoms with Gasteiger partial charge in [0.1, 0.15) is 4.88 Å². The molecule has 0 unspecified atom stereocenters. The maximum absolute atomic E-state index is 11.7. The first-order chi connectivity index (χ1) is 10.1. The van der Waals surface area contributed by atoms with E-state index in [4.69, 9.17) is 4.74 Å². The second-order valence-corrected chi connectivity index (χ2v) is 5.44. The summed E-state index contributed by atoms with van der Waals surface area (Å²) in [7, 11) is 0. The molecule has 1 aromatic carbocycles. The molecule has 0 saturated heterocycles. The number of anilines is 1. The average molecular weight is 303 g/mol. The zero-order valence-corrected chi connectivity index (χ0v) is 13.0. The molecule has 0 atom stereocenters. The van der Waals surface area contributed by atoms with Crippen LogP contribution in [0.25, 0.3) is 0 Å². The molecule has 0 radical (unpaired) electrons. The molecule has 0 amide bonds. The number of benzene rings is 1. The van der Waals surface area contributed by atoms with Gasteiger partial charge in [-0.05, 0) is 26.3 Å². The highest BCUT2D eigenvalue weighted by Gasteiger charge is 2.15. The van der Waals surface area contributed by atoms with Crippen molar-refractivity contribution in [2.24, 2.45) is 5.10 Å². The number of nitrogens with zero attached hydrogens (tertiary/aromatic N) is 2. The van der Waals surface area contributed by atoms with E-state index < -0.39 is 0 Å². The topological polar surface area (TPSA) is 63.6 Å². The van der Waals surface area contributed by atoms with Gasteiger partial charge >= 0.3 is 5.97 Å². The SMILES string of the molecule is CCOC(=O)c1sc(N/N=C\c2cccc(C)c2)nc1C. The molecule has 0 saturated carbocycles. The average Bonchev–Trinajstić information content (AvgIpc) is 2.80. The van der Waals surface area contributed by atoms with Crippen LogP contribution in [0.1, 0.15) is 33.4 Å². The minimum Gasteiger partial charge on any atom is -0.462 e. The fourth-order valence-electron chi connectivity index (χ4n) is 1.74. The van der Waals surface area contributed by atoms with Crippen molar-refractivity contribution in [3.63, 3.8) is 0 Å². The van der Waals surface area contributed by atoms with Gasteiger partial charge in [0, 0.05) is 0 Å². The lowest BCUT2D eigenvalue weighted by atomic mass is 10.2. The van der Waals surface area contributed by atoms with Crippen LogP contribution < -0.4 is 5.43 Å². The lowest BCUT2D eigenvalue weighted by Gasteiger charge is -1.97. The van der Waals surface area contributed by atoms with Crippen LogP contribution in [0, 0.1) is 13.8 Å². The zero-order chi connectivity index (χ0) is 15.2. The van der Waals surface area contributed by atoms with Gasteiger partial charge in [-0.25, -0.2) is 9.78 Å². The highest BCUT2D eigenvalue weighted by Crippen LogP contribution is 2.23. The Hall–Kier alpha value is -2.21. The van der Waals surface area contributed by atoms with Gasteiger partial charge in [-0.1, -0.05) is 41.2 Å². The van der Waals surface area contributed by atoms with E-state index in [2.05, 4.69) is 15.5 Å². The van der Waals surface area contributed by atoms with Gasteiger partial charge in [-0.3, -0.25) is 5.43 Å². The molecule has 2 rings (SSSR count). The van der Waals surface area contributed by atoms with Crippen LogP contribution in [0.2, 0.25) is 0 Å². The van der Waals surface area contributed by atoms with Gasteiger partial charge in [0.05, 0.1) is 18.5 Å². The molecule has 0 bridgehead atoms. The van der Waals surface area contributed by atoms with Crippen molar-refractivity contribution < 1.29 is 9.53 Å². The third kappa shape index (κ3) is 4.13. The number of aryl methyl sites for hydroxylation is 2. The van der Waals surface area contributed by atoms with Gasteiger partial charge in [-0.2, -0.15) is 5.10 Å². The standard InChI is InChI=1S/C15H17N3O2S/c1-4-20-14(19)13-11(3)17-15(21-13)18-16-9-12-7-5-6-10(2)8-12/h5-9H,4H2,1-3H3,(H,17,18)/b16-9-. The number of rotatable bonds is 5. The number of nitrogens with one attached hydrogen (secondary N) is 1. The summed E-state index contributed by atoms with van der Waals surface area (Å²) >= 11 is 1.24. The minimum atomic E-state index is -0.344. The number of aromatic nitrogens is 1. The molecule has 1 heterocycles. The molecule has 2 aromatic rings. The minimum absolute atomic E-state index is 0.344. The summed E-state index contributed by atoms with van der Waals surface area (Å²) in [5.74, 6) is -0.344. The van der Waals surface area contributed by atoms with Crippen molar-refractivity contribution in [2.75, 3.05) is 12.0 Å². The normalized spacial score (nSPS) is 10.8. The number of hydrogen-bond donors (Lipinski definition) is 1. The molecule has 0 fully saturated rings. The van der Waals surface area contributed by atoms with Crippen molar-refractivity contribution in [1.82, 2.24) is 4.98 Å². The zero-order valence-electron chi connectivity index (χ0n) is 12.2. The summed E-state index contributed by atoms with van der Waals surface area (Å²) < 4.78 is 4.97. The number of carbonyl (C=O) groups excluding carboxylic acids is 1. The van der Waals surface area contributed by atoms with Crippen LogP contribution in [0.15, 0.2) is 29.4 Å². The van der Waals surface area contributed by atoms with Crippen LogP contribution in [-0.2, 0) is 4.74 Å². The van der Waals surface area contributed by atoms with E-state index in [1.807, 2.05) is 31.2 Å². The Morgan fingerprint density at radius 2 is 2.29 bits per heavy atom. The van der Waals surface area contributed by atoms with Crippen LogP contribution in [-0.4, -0.2) is 23.8 Å². The number of thiazole rings is 1. The summed E-state index contributed by atoms with van der Waals surface area (Å²) in [6, 6.07) is 8.00. The summed E-state index contributed by atoms with van der Waals surface area (Å²) in [6.07, 6.45) is 1.72. The second kappa shape index (κ2) is 6.99. The fourth-order valence-corrected chi connectivity index (χ4v) is 2.55. The summed E-state index contributed by atoms with van der Waals surface area (Å²) in [5.41, 5.74) is 5.66. The lowest BCUT2D eigenvalue weighted by Crippen LogP contribution is -2.03. The van der Waals surface area contributed by atoms with E-state index in [1.54, 1.807) is 20.1 Å². The number of carbonyl (C=O) groups is 1. The van der Waals surface area contributed by atoms with Crippen molar-refractivity contribution >= 4 is 28.7 Å². The van der Waals surface area contributed by atoms with Crippen LogP contribution in [0.3, 0.4) is 0 Å². The molecule has 0 aliphatic carbocycles. The lowest BCUT2D eigenvalue weighted by molar-refractivity contribution is 0.0531. The number of hydrogen-bond acceptors (Lipinski definition) is 6. The number of esters is 1. The second-order valence-electron chi connectivity index (χ2n) is 4.44. The first-order valence-electron chi connectivity index (χ1n) is 6.60. The first kappa shape index (κ1) is 15.2. The van der Waals surface area contributed by atoms with Gasteiger partial charge < -0.3 is 4.74 Å². The Morgan fingerprint density at radius 1 is 1.48 bits per heavy atom. The van der Waals surface area contributed by atoms with E-state index in [0.29, 0.717) is 22.3 Å². The Bertz CT molecular complexity index is 665. The van der Waals surface area contributed by atoms with E-state index in [1.165, 1.54) is 16.9 Å².